The van der Waals surface area contributed by atoms with Crippen LogP contribution in [0.3, 0.4) is 0 Å². The van der Waals surface area contributed by atoms with E-state index in [4.69, 9.17) is 9.47 Å². The zero-order chi connectivity index (χ0) is 19.3. The lowest BCUT2D eigenvalue weighted by atomic mass is 9.99. The van der Waals surface area contributed by atoms with Gasteiger partial charge in [0.2, 0.25) is 6.29 Å². The molecule has 2 atom stereocenters. The van der Waals surface area contributed by atoms with Crippen molar-refractivity contribution in [3.63, 3.8) is 0 Å². The molecule has 0 amide bonds. The van der Waals surface area contributed by atoms with Crippen LogP contribution in [0.4, 0.5) is 0 Å². The molecule has 0 spiro atoms. The Morgan fingerprint density at radius 3 is 2.04 bits per heavy atom. The van der Waals surface area contributed by atoms with E-state index in [0.29, 0.717) is 5.75 Å². The first-order valence-corrected chi connectivity index (χ1v) is 11.4. The van der Waals surface area contributed by atoms with Gasteiger partial charge in [-0.1, -0.05) is 84.5 Å². The minimum atomic E-state index is -0.140. The van der Waals surface area contributed by atoms with Crippen molar-refractivity contribution in [2.45, 2.75) is 116 Å². The van der Waals surface area contributed by atoms with E-state index in [0.717, 1.165) is 30.6 Å². The highest BCUT2D eigenvalue weighted by Gasteiger charge is 2.28. The maximum atomic E-state index is 9.87. The first-order valence-electron chi connectivity index (χ1n) is 11.4. The maximum absolute atomic E-state index is 9.87. The van der Waals surface area contributed by atoms with Crippen LogP contribution < -0.4 is 4.74 Å². The Morgan fingerprint density at radius 1 is 0.778 bits per heavy atom. The second-order valence-corrected chi connectivity index (χ2v) is 8.01. The summed E-state index contributed by atoms with van der Waals surface area (Å²) in [6.07, 6.45) is 17.3. The van der Waals surface area contributed by atoms with Crippen LogP contribution in [0.25, 0.3) is 0 Å². The van der Waals surface area contributed by atoms with Gasteiger partial charge in [0.25, 0.3) is 0 Å². The zero-order valence-electron chi connectivity index (χ0n) is 17.5. The van der Waals surface area contributed by atoms with Gasteiger partial charge in [-0.25, -0.2) is 0 Å². The van der Waals surface area contributed by atoms with Crippen molar-refractivity contribution in [2.75, 3.05) is 0 Å². The molecular weight excluding hydrogens is 336 g/mol. The molecule has 2 unspecified atom stereocenters. The van der Waals surface area contributed by atoms with Gasteiger partial charge < -0.3 is 14.6 Å². The lowest BCUT2D eigenvalue weighted by Crippen LogP contribution is -2.28. The summed E-state index contributed by atoms with van der Waals surface area (Å²) in [5.74, 6) is 1.19. The number of aromatic hydroxyl groups is 1. The van der Waals surface area contributed by atoms with Gasteiger partial charge in [0.15, 0.2) is 0 Å². The van der Waals surface area contributed by atoms with Gasteiger partial charge in [-0.3, -0.25) is 0 Å². The van der Waals surface area contributed by atoms with Crippen LogP contribution in [-0.2, 0) is 4.74 Å². The number of phenols is 1. The van der Waals surface area contributed by atoms with Gasteiger partial charge in [0, 0.05) is 12.0 Å². The molecule has 0 fully saturated rings. The predicted molar refractivity (Wildman–Crippen MR) is 112 cm³/mol. The quantitative estimate of drug-likeness (QED) is 0.338. The minimum absolute atomic E-state index is 0.0529. The van der Waals surface area contributed by atoms with Crippen molar-refractivity contribution in [3.05, 3.63) is 23.8 Å². The molecule has 27 heavy (non-hydrogen) atoms. The third kappa shape index (κ3) is 8.13. The number of phenolic OH excluding ortho intramolecular Hbond substituents is 1. The Morgan fingerprint density at radius 2 is 1.37 bits per heavy atom. The van der Waals surface area contributed by atoms with Crippen molar-refractivity contribution < 1.29 is 14.6 Å². The van der Waals surface area contributed by atoms with E-state index in [9.17, 15) is 5.11 Å². The highest BCUT2D eigenvalue weighted by molar-refractivity contribution is 5.42. The molecule has 1 heterocycles. The van der Waals surface area contributed by atoms with Gasteiger partial charge in [-0.05, 0) is 31.0 Å². The summed E-state index contributed by atoms with van der Waals surface area (Å²) in [5.41, 5.74) is 1.02. The molecule has 0 bridgehead atoms. The van der Waals surface area contributed by atoms with E-state index in [1.807, 2.05) is 12.1 Å². The predicted octanol–water partition coefficient (Wildman–Crippen LogP) is 7.67. The lowest BCUT2D eigenvalue weighted by Gasteiger charge is -2.33. The summed E-state index contributed by atoms with van der Waals surface area (Å²) in [5, 5.41) is 9.87. The molecule has 1 aromatic rings. The molecule has 3 heteroatoms. The molecule has 154 valence electrons. The average molecular weight is 377 g/mol. The largest absolute Gasteiger partial charge is 0.508 e. The van der Waals surface area contributed by atoms with E-state index in [1.165, 1.54) is 70.6 Å². The summed E-state index contributed by atoms with van der Waals surface area (Å²) in [7, 11) is 0. The van der Waals surface area contributed by atoms with Crippen LogP contribution in [0.15, 0.2) is 18.2 Å². The average Bonchev–Trinajstić information content (AvgIpc) is 2.67. The van der Waals surface area contributed by atoms with Crippen molar-refractivity contribution in [1.29, 1.82) is 0 Å². The third-order valence-corrected chi connectivity index (χ3v) is 5.53. The van der Waals surface area contributed by atoms with Crippen LogP contribution in [-0.4, -0.2) is 11.4 Å². The SMILES string of the molecule is CCCCCCCCC1Oc2ccc(O)cc2C(CCCCCCCC)O1. The van der Waals surface area contributed by atoms with Crippen LogP contribution in [0.1, 0.15) is 115 Å². The molecule has 0 aromatic heterocycles. The summed E-state index contributed by atoms with van der Waals surface area (Å²) < 4.78 is 12.4. The molecule has 0 saturated heterocycles. The zero-order valence-corrected chi connectivity index (χ0v) is 17.5. The number of hydrogen-bond acceptors (Lipinski definition) is 3. The smallest absolute Gasteiger partial charge is 0.200 e. The summed E-state index contributed by atoms with van der Waals surface area (Å²) in [6, 6.07) is 5.43. The normalized spacial score (nSPS) is 18.9. The van der Waals surface area contributed by atoms with Crippen molar-refractivity contribution in [1.82, 2.24) is 0 Å². The Balaban J connectivity index is 1.81. The molecule has 1 N–H and O–H groups in total. The van der Waals surface area contributed by atoms with E-state index >= 15 is 0 Å². The van der Waals surface area contributed by atoms with Crippen molar-refractivity contribution in [2.24, 2.45) is 0 Å². The second-order valence-electron chi connectivity index (χ2n) is 8.01. The van der Waals surface area contributed by atoms with Crippen molar-refractivity contribution in [3.8, 4) is 11.5 Å². The number of ether oxygens (including phenoxy) is 2. The van der Waals surface area contributed by atoms with Gasteiger partial charge >= 0.3 is 0 Å². The fourth-order valence-electron chi connectivity index (χ4n) is 3.87. The highest BCUT2D eigenvalue weighted by atomic mass is 16.7. The standard InChI is InChI=1S/C24H40O3/c1-3-5-7-9-11-13-15-22-21-19-20(25)17-18-23(21)27-24(26-22)16-14-12-10-8-6-4-2/h17-19,22,24-25H,3-16H2,1-2H3. The fourth-order valence-corrected chi connectivity index (χ4v) is 3.87. The number of hydrogen-bond donors (Lipinski definition) is 1. The second kappa shape index (κ2) is 13.0. The molecule has 2 rings (SSSR count). The van der Waals surface area contributed by atoms with Crippen LogP contribution in [0.2, 0.25) is 0 Å². The molecule has 0 aliphatic carbocycles. The number of rotatable bonds is 14. The van der Waals surface area contributed by atoms with Gasteiger partial charge in [0.1, 0.15) is 11.5 Å². The monoisotopic (exact) mass is 376 g/mol. The maximum Gasteiger partial charge on any atom is 0.200 e. The van der Waals surface area contributed by atoms with E-state index in [1.54, 1.807) is 6.07 Å². The molecule has 1 aromatic carbocycles. The first-order chi connectivity index (χ1) is 13.2. The molecule has 3 nitrogen and oxygen atoms in total. The molecule has 1 aliphatic rings. The van der Waals surface area contributed by atoms with Crippen molar-refractivity contribution >= 4 is 0 Å². The number of unbranched alkanes of at least 4 members (excludes halogenated alkanes) is 10. The lowest BCUT2D eigenvalue weighted by molar-refractivity contribution is -0.147. The fraction of sp³-hybridized carbons (Fsp3) is 0.750. The number of benzene rings is 1. The summed E-state index contributed by atoms with van der Waals surface area (Å²) in [4.78, 5) is 0. The van der Waals surface area contributed by atoms with E-state index < -0.39 is 0 Å². The van der Waals surface area contributed by atoms with Gasteiger partial charge in [0.05, 0.1) is 6.10 Å². The third-order valence-electron chi connectivity index (χ3n) is 5.53. The van der Waals surface area contributed by atoms with E-state index in [2.05, 4.69) is 13.8 Å². The topological polar surface area (TPSA) is 38.7 Å². The molecule has 1 aliphatic heterocycles. The molecule has 0 saturated carbocycles. The van der Waals surface area contributed by atoms with Crippen LogP contribution in [0, 0.1) is 0 Å². The van der Waals surface area contributed by atoms with Gasteiger partial charge in [-0.15, -0.1) is 0 Å². The minimum Gasteiger partial charge on any atom is -0.508 e. The Kier molecular flexibility index (Phi) is 10.7. The Bertz CT molecular complexity index is 514. The van der Waals surface area contributed by atoms with Gasteiger partial charge in [-0.2, -0.15) is 0 Å². The molecule has 0 radical (unpaired) electrons. The highest BCUT2D eigenvalue weighted by Crippen LogP contribution is 2.40. The Labute approximate surface area is 166 Å². The first kappa shape index (κ1) is 22.1. The Hall–Kier alpha value is -1.22. The summed E-state index contributed by atoms with van der Waals surface area (Å²) >= 11 is 0. The molecular formula is C24H40O3. The van der Waals surface area contributed by atoms with E-state index in [-0.39, 0.29) is 12.4 Å². The summed E-state index contributed by atoms with van der Waals surface area (Å²) in [6.45, 7) is 4.51. The van der Waals surface area contributed by atoms with Crippen LogP contribution >= 0.6 is 0 Å². The number of fused-ring (bicyclic) bond motifs is 1. The van der Waals surface area contributed by atoms with Crippen LogP contribution in [0.5, 0.6) is 11.5 Å².